The number of aryl methyl sites for hydroxylation is 1. The number of rotatable bonds is 5. The SMILES string of the molecule is CCCCc1nc(-c2ccc(C=O)cc2)no1. The van der Waals surface area contributed by atoms with Crippen molar-refractivity contribution >= 4 is 6.29 Å². The Bertz CT molecular complexity index is 488. The molecule has 0 spiro atoms. The lowest BCUT2D eigenvalue weighted by Crippen LogP contribution is -1.86. The van der Waals surface area contributed by atoms with E-state index in [1.165, 1.54) is 0 Å². The molecule has 0 N–H and O–H groups in total. The van der Waals surface area contributed by atoms with E-state index in [1.54, 1.807) is 12.1 Å². The number of hydrogen-bond acceptors (Lipinski definition) is 4. The largest absolute Gasteiger partial charge is 0.339 e. The van der Waals surface area contributed by atoms with E-state index in [-0.39, 0.29) is 0 Å². The second-order valence-electron chi connectivity index (χ2n) is 3.86. The van der Waals surface area contributed by atoms with Gasteiger partial charge in [-0.05, 0) is 6.42 Å². The van der Waals surface area contributed by atoms with E-state index in [0.29, 0.717) is 17.3 Å². The van der Waals surface area contributed by atoms with Gasteiger partial charge in [0.2, 0.25) is 11.7 Å². The fourth-order valence-electron chi connectivity index (χ4n) is 1.51. The molecular formula is C13H14N2O2. The van der Waals surface area contributed by atoms with Gasteiger partial charge in [0.1, 0.15) is 6.29 Å². The van der Waals surface area contributed by atoms with Gasteiger partial charge in [0, 0.05) is 17.5 Å². The number of hydrogen-bond donors (Lipinski definition) is 0. The molecule has 1 aromatic heterocycles. The molecule has 4 nitrogen and oxygen atoms in total. The summed E-state index contributed by atoms with van der Waals surface area (Å²) in [6, 6.07) is 7.12. The zero-order valence-electron chi connectivity index (χ0n) is 9.72. The van der Waals surface area contributed by atoms with Gasteiger partial charge in [-0.15, -0.1) is 0 Å². The Balaban J connectivity index is 2.15. The number of nitrogens with zero attached hydrogens (tertiary/aromatic N) is 2. The summed E-state index contributed by atoms with van der Waals surface area (Å²) in [6.45, 7) is 2.12. The highest BCUT2D eigenvalue weighted by Crippen LogP contribution is 2.16. The number of benzene rings is 1. The van der Waals surface area contributed by atoms with Gasteiger partial charge in [0.25, 0.3) is 0 Å². The summed E-state index contributed by atoms with van der Waals surface area (Å²) in [7, 11) is 0. The van der Waals surface area contributed by atoms with Gasteiger partial charge in [-0.25, -0.2) is 0 Å². The quantitative estimate of drug-likeness (QED) is 0.741. The minimum Gasteiger partial charge on any atom is -0.339 e. The molecule has 1 aromatic carbocycles. The summed E-state index contributed by atoms with van der Waals surface area (Å²) in [5, 5.41) is 3.92. The van der Waals surface area contributed by atoms with Crippen molar-refractivity contribution in [2.45, 2.75) is 26.2 Å². The second-order valence-corrected chi connectivity index (χ2v) is 3.86. The van der Waals surface area contributed by atoms with Gasteiger partial charge < -0.3 is 4.52 Å². The first-order valence-corrected chi connectivity index (χ1v) is 5.71. The Morgan fingerprint density at radius 1 is 1.29 bits per heavy atom. The van der Waals surface area contributed by atoms with Gasteiger partial charge in [-0.1, -0.05) is 42.8 Å². The van der Waals surface area contributed by atoms with Gasteiger partial charge in [-0.3, -0.25) is 4.79 Å². The van der Waals surface area contributed by atoms with Crippen molar-refractivity contribution in [3.05, 3.63) is 35.7 Å². The molecule has 0 aliphatic carbocycles. The summed E-state index contributed by atoms with van der Waals surface area (Å²) in [5.74, 6) is 1.25. The first kappa shape index (κ1) is 11.5. The lowest BCUT2D eigenvalue weighted by Gasteiger charge is -1.93. The molecule has 0 saturated heterocycles. The Hall–Kier alpha value is -1.97. The number of aromatic nitrogens is 2. The molecule has 2 rings (SSSR count). The van der Waals surface area contributed by atoms with E-state index < -0.39 is 0 Å². The topological polar surface area (TPSA) is 56.0 Å². The van der Waals surface area contributed by atoms with E-state index in [1.807, 2.05) is 12.1 Å². The Labute approximate surface area is 99.7 Å². The molecule has 88 valence electrons. The number of unbranched alkanes of at least 4 members (excludes halogenated alkanes) is 1. The lowest BCUT2D eigenvalue weighted by atomic mass is 10.1. The van der Waals surface area contributed by atoms with Crippen LogP contribution in [0.25, 0.3) is 11.4 Å². The van der Waals surface area contributed by atoms with E-state index >= 15 is 0 Å². The van der Waals surface area contributed by atoms with Crippen LogP contribution in [0, 0.1) is 0 Å². The van der Waals surface area contributed by atoms with Crippen LogP contribution in [0.2, 0.25) is 0 Å². The highest BCUT2D eigenvalue weighted by Gasteiger charge is 2.07. The van der Waals surface area contributed by atoms with Crippen LogP contribution in [0.3, 0.4) is 0 Å². The van der Waals surface area contributed by atoms with Gasteiger partial charge in [-0.2, -0.15) is 4.98 Å². The zero-order chi connectivity index (χ0) is 12.1. The molecule has 0 saturated carbocycles. The van der Waals surface area contributed by atoms with Crippen molar-refractivity contribution < 1.29 is 9.32 Å². The van der Waals surface area contributed by atoms with Crippen molar-refractivity contribution in [3.63, 3.8) is 0 Å². The van der Waals surface area contributed by atoms with Crippen molar-refractivity contribution in [1.29, 1.82) is 0 Å². The summed E-state index contributed by atoms with van der Waals surface area (Å²) < 4.78 is 5.15. The number of aldehydes is 1. The molecule has 1 heterocycles. The van der Waals surface area contributed by atoms with Crippen LogP contribution in [-0.4, -0.2) is 16.4 Å². The maximum atomic E-state index is 10.5. The average molecular weight is 230 g/mol. The van der Waals surface area contributed by atoms with E-state index in [4.69, 9.17) is 4.52 Å². The van der Waals surface area contributed by atoms with E-state index in [9.17, 15) is 4.79 Å². The molecule has 0 aliphatic heterocycles. The van der Waals surface area contributed by atoms with Crippen molar-refractivity contribution in [3.8, 4) is 11.4 Å². The zero-order valence-corrected chi connectivity index (χ0v) is 9.72. The number of carbonyl (C=O) groups excluding carboxylic acids is 1. The van der Waals surface area contributed by atoms with Gasteiger partial charge in [0.05, 0.1) is 0 Å². The average Bonchev–Trinajstić information content (AvgIpc) is 2.85. The summed E-state index contributed by atoms with van der Waals surface area (Å²) in [6.07, 6.45) is 3.78. The fraction of sp³-hybridized carbons (Fsp3) is 0.308. The first-order valence-electron chi connectivity index (χ1n) is 5.71. The molecular weight excluding hydrogens is 216 g/mol. The van der Waals surface area contributed by atoms with Crippen molar-refractivity contribution in [2.75, 3.05) is 0 Å². The molecule has 0 bridgehead atoms. The number of carbonyl (C=O) groups is 1. The molecule has 0 radical (unpaired) electrons. The van der Waals surface area contributed by atoms with Crippen LogP contribution in [0.4, 0.5) is 0 Å². The lowest BCUT2D eigenvalue weighted by molar-refractivity contribution is 0.112. The first-order chi connectivity index (χ1) is 8.33. The second kappa shape index (κ2) is 5.39. The fourth-order valence-corrected chi connectivity index (χ4v) is 1.51. The van der Waals surface area contributed by atoms with E-state index in [0.717, 1.165) is 31.1 Å². The molecule has 2 aromatic rings. The van der Waals surface area contributed by atoms with Crippen LogP contribution in [-0.2, 0) is 6.42 Å². The standard InChI is InChI=1S/C13H14N2O2/c1-2-3-4-12-14-13(15-17-12)11-7-5-10(9-16)6-8-11/h5-9H,2-4H2,1H3. The third kappa shape index (κ3) is 2.78. The maximum Gasteiger partial charge on any atom is 0.226 e. The molecule has 0 aliphatic rings. The monoisotopic (exact) mass is 230 g/mol. The van der Waals surface area contributed by atoms with Crippen LogP contribution in [0.15, 0.2) is 28.8 Å². The van der Waals surface area contributed by atoms with Gasteiger partial charge >= 0.3 is 0 Å². The van der Waals surface area contributed by atoms with E-state index in [2.05, 4.69) is 17.1 Å². The minimum atomic E-state index is 0.577. The molecule has 17 heavy (non-hydrogen) atoms. The predicted molar refractivity (Wildman–Crippen MR) is 63.7 cm³/mol. The van der Waals surface area contributed by atoms with Crippen LogP contribution in [0.1, 0.15) is 36.0 Å². The molecule has 0 unspecified atom stereocenters. The molecule has 4 heteroatoms. The summed E-state index contributed by atoms with van der Waals surface area (Å²) in [4.78, 5) is 14.8. The van der Waals surface area contributed by atoms with Crippen molar-refractivity contribution in [2.24, 2.45) is 0 Å². The maximum absolute atomic E-state index is 10.5. The third-order valence-corrected chi connectivity index (χ3v) is 2.52. The Morgan fingerprint density at radius 2 is 2.06 bits per heavy atom. The highest BCUT2D eigenvalue weighted by molar-refractivity contribution is 5.76. The van der Waals surface area contributed by atoms with Crippen LogP contribution >= 0.6 is 0 Å². The molecule has 0 fully saturated rings. The molecule has 0 amide bonds. The normalized spacial score (nSPS) is 10.4. The summed E-state index contributed by atoms with van der Waals surface area (Å²) >= 11 is 0. The Morgan fingerprint density at radius 3 is 2.71 bits per heavy atom. The minimum absolute atomic E-state index is 0.577. The van der Waals surface area contributed by atoms with Crippen LogP contribution < -0.4 is 0 Å². The smallest absolute Gasteiger partial charge is 0.226 e. The highest BCUT2D eigenvalue weighted by atomic mass is 16.5. The summed E-state index contributed by atoms with van der Waals surface area (Å²) in [5.41, 5.74) is 1.51. The molecule has 0 atom stereocenters. The van der Waals surface area contributed by atoms with Crippen LogP contribution in [0.5, 0.6) is 0 Å². The third-order valence-electron chi connectivity index (χ3n) is 2.52. The predicted octanol–water partition coefficient (Wildman–Crippen LogP) is 2.89. The Kier molecular flexibility index (Phi) is 3.65. The van der Waals surface area contributed by atoms with Crippen molar-refractivity contribution in [1.82, 2.24) is 10.1 Å². The van der Waals surface area contributed by atoms with Gasteiger partial charge in [0.15, 0.2) is 0 Å².